The van der Waals surface area contributed by atoms with Gasteiger partial charge < -0.3 is 9.55 Å². The van der Waals surface area contributed by atoms with E-state index in [0.29, 0.717) is 6.04 Å². The number of aryl methyl sites for hydroxylation is 2. The first kappa shape index (κ1) is 13.8. The highest BCUT2D eigenvalue weighted by atomic mass is 32.1. The SMILES string of the molecule is CCn1nc(C)c2[nH]c(=S)n(CC(C)N(C)C3CC3)c21. The van der Waals surface area contributed by atoms with E-state index >= 15 is 0 Å². The maximum absolute atomic E-state index is 5.51. The molecule has 1 unspecified atom stereocenters. The van der Waals surface area contributed by atoms with Crippen LogP contribution in [0.2, 0.25) is 0 Å². The quantitative estimate of drug-likeness (QED) is 0.862. The average Bonchev–Trinajstić information content (AvgIpc) is 3.16. The summed E-state index contributed by atoms with van der Waals surface area (Å²) in [7, 11) is 2.22. The Morgan fingerprint density at radius 1 is 1.50 bits per heavy atom. The predicted octanol–water partition coefficient (Wildman–Crippen LogP) is 2.71. The minimum absolute atomic E-state index is 0.480. The number of imidazole rings is 1. The van der Waals surface area contributed by atoms with Crippen molar-refractivity contribution >= 4 is 23.4 Å². The molecule has 3 rings (SSSR count). The lowest BCUT2D eigenvalue weighted by molar-refractivity contribution is 0.226. The standard InChI is InChI=1S/C14H23N5S/c1-5-19-13-12(10(3)16-19)15-14(20)18(13)8-9(2)17(4)11-6-7-11/h9,11H,5-8H2,1-4H3,(H,15,20). The largest absolute Gasteiger partial charge is 0.328 e. The van der Waals surface area contributed by atoms with Gasteiger partial charge in [-0.15, -0.1) is 0 Å². The Bertz CT molecular complexity index is 676. The summed E-state index contributed by atoms with van der Waals surface area (Å²) in [4.78, 5) is 5.79. The summed E-state index contributed by atoms with van der Waals surface area (Å²) in [5.41, 5.74) is 3.24. The van der Waals surface area contributed by atoms with Crippen LogP contribution in [-0.4, -0.2) is 43.4 Å². The van der Waals surface area contributed by atoms with Crippen molar-refractivity contribution in [2.24, 2.45) is 0 Å². The van der Waals surface area contributed by atoms with Crippen LogP contribution < -0.4 is 0 Å². The number of aromatic nitrogens is 4. The van der Waals surface area contributed by atoms with Gasteiger partial charge in [0.05, 0.1) is 5.69 Å². The molecule has 0 bridgehead atoms. The zero-order chi connectivity index (χ0) is 14.4. The second-order valence-corrected chi connectivity index (χ2v) is 6.27. The first-order valence-corrected chi connectivity index (χ1v) is 7.81. The first-order chi connectivity index (χ1) is 9.52. The van der Waals surface area contributed by atoms with Crippen molar-refractivity contribution in [1.82, 2.24) is 24.2 Å². The maximum Gasteiger partial charge on any atom is 0.179 e. The van der Waals surface area contributed by atoms with Gasteiger partial charge in [0.25, 0.3) is 0 Å². The molecular formula is C14H23N5S. The number of H-pyrrole nitrogens is 1. The Morgan fingerprint density at radius 3 is 2.80 bits per heavy atom. The van der Waals surface area contributed by atoms with Gasteiger partial charge in [-0.05, 0) is 52.9 Å². The predicted molar refractivity (Wildman–Crippen MR) is 83.6 cm³/mol. The number of likely N-dealkylation sites (N-methyl/N-ethyl adjacent to an activating group) is 1. The van der Waals surface area contributed by atoms with E-state index in [1.165, 1.54) is 12.8 Å². The molecule has 20 heavy (non-hydrogen) atoms. The highest BCUT2D eigenvalue weighted by Gasteiger charge is 2.29. The highest BCUT2D eigenvalue weighted by Crippen LogP contribution is 2.28. The van der Waals surface area contributed by atoms with Gasteiger partial charge in [0.1, 0.15) is 5.52 Å². The zero-order valence-corrected chi connectivity index (χ0v) is 13.5. The van der Waals surface area contributed by atoms with E-state index in [1.807, 2.05) is 11.6 Å². The number of nitrogens with one attached hydrogen (secondary N) is 1. The van der Waals surface area contributed by atoms with Gasteiger partial charge in [-0.3, -0.25) is 4.90 Å². The van der Waals surface area contributed by atoms with Crippen molar-refractivity contribution in [2.45, 2.75) is 58.8 Å². The number of hydrogen-bond donors (Lipinski definition) is 1. The Kier molecular flexibility index (Phi) is 3.46. The molecule has 0 spiro atoms. The molecule has 0 amide bonds. The third kappa shape index (κ3) is 2.20. The lowest BCUT2D eigenvalue weighted by Gasteiger charge is -2.25. The molecular weight excluding hydrogens is 270 g/mol. The van der Waals surface area contributed by atoms with E-state index in [9.17, 15) is 0 Å². The molecule has 110 valence electrons. The lowest BCUT2D eigenvalue weighted by Crippen LogP contribution is -2.34. The molecule has 0 saturated heterocycles. The summed E-state index contributed by atoms with van der Waals surface area (Å²) in [6, 6.07) is 1.25. The van der Waals surface area contributed by atoms with E-state index < -0.39 is 0 Å². The van der Waals surface area contributed by atoms with E-state index in [0.717, 1.165) is 40.8 Å². The summed E-state index contributed by atoms with van der Waals surface area (Å²) >= 11 is 5.51. The number of fused-ring (bicyclic) bond motifs is 1. The second kappa shape index (κ2) is 5.00. The molecule has 0 aliphatic heterocycles. The van der Waals surface area contributed by atoms with Gasteiger partial charge in [0, 0.05) is 25.2 Å². The summed E-state index contributed by atoms with van der Waals surface area (Å²) in [5.74, 6) is 0. The van der Waals surface area contributed by atoms with Crippen LogP contribution in [-0.2, 0) is 13.1 Å². The van der Waals surface area contributed by atoms with Gasteiger partial charge in [0.2, 0.25) is 0 Å². The average molecular weight is 293 g/mol. The van der Waals surface area contributed by atoms with Crippen LogP contribution in [0, 0.1) is 11.7 Å². The van der Waals surface area contributed by atoms with Gasteiger partial charge >= 0.3 is 0 Å². The topological polar surface area (TPSA) is 41.8 Å². The molecule has 1 fully saturated rings. The van der Waals surface area contributed by atoms with Gasteiger partial charge in [-0.25, -0.2) is 4.68 Å². The maximum atomic E-state index is 5.51. The molecule has 1 aliphatic rings. The van der Waals surface area contributed by atoms with Crippen LogP contribution in [0.15, 0.2) is 0 Å². The summed E-state index contributed by atoms with van der Waals surface area (Å²) in [5, 5.41) is 4.57. The van der Waals surface area contributed by atoms with Crippen LogP contribution in [0.3, 0.4) is 0 Å². The fourth-order valence-electron chi connectivity index (χ4n) is 2.89. The molecule has 2 aromatic heterocycles. The molecule has 2 heterocycles. The molecule has 2 aromatic rings. The van der Waals surface area contributed by atoms with Crippen molar-refractivity contribution in [3.8, 4) is 0 Å². The van der Waals surface area contributed by atoms with E-state index in [1.54, 1.807) is 0 Å². The van der Waals surface area contributed by atoms with Crippen LogP contribution in [0.1, 0.15) is 32.4 Å². The zero-order valence-electron chi connectivity index (χ0n) is 12.7. The highest BCUT2D eigenvalue weighted by molar-refractivity contribution is 7.71. The van der Waals surface area contributed by atoms with E-state index in [2.05, 4.69) is 40.4 Å². The fourth-order valence-corrected chi connectivity index (χ4v) is 3.15. The van der Waals surface area contributed by atoms with Crippen LogP contribution in [0.4, 0.5) is 0 Å². The van der Waals surface area contributed by atoms with Crippen LogP contribution in [0.25, 0.3) is 11.2 Å². The Labute approximate surface area is 124 Å². The Balaban J connectivity index is 1.97. The van der Waals surface area contributed by atoms with E-state index in [-0.39, 0.29) is 0 Å². The lowest BCUT2D eigenvalue weighted by atomic mass is 10.3. The summed E-state index contributed by atoms with van der Waals surface area (Å²) in [6.07, 6.45) is 2.67. The third-order valence-electron chi connectivity index (χ3n) is 4.40. The number of hydrogen-bond acceptors (Lipinski definition) is 3. The van der Waals surface area contributed by atoms with Crippen LogP contribution >= 0.6 is 12.2 Å². The molecule has 0 aromatic carbocycles. The Morgan fingerprint density at radius 2 is 2.20 bits per heavy atom. The molecule has 0 radical (unpaired) electrons. The molecule has 6 heteroatoms. The van der Waals surface area contributed by atoms with Gasteiger partial charge in [0.15, 0.2) is 10.4 Å². The van der Waals surface area contributed by atoms with E-state index in [4.69, 9.17) is 12.2 Å². The number of rotatable bonds is 5. The summed E-state index contributed by atoms with van der Waals surface area (Å²) in [6.45, 7) is 8.20. The van der Waals surface area contributed by atoms with Gasteiger partial charge in [-0.1, -0.05) is 0 Å². The Hall–Kier alpha value is -1.14. The molecule has 1 N–H and O–H groups in total. The third-order valence-corrected chi connectivity index (χ3v) is 4.72. The van der Waals surface area contributed by atoms with Gasteiger partial charge in [-0.2, -0.15) is 5.10 Å². The molecule has 1 atom stereocenters. The molecule has 1 saturated carbocycles. The van der Waals surface area contributed by atoms with Crippen molar-refractivity contribution in [3.05, 3.63) is 10.5 Å². The first-order valence-electron chi connectivity index (χ1n) is 7.40. The number of nitrogens with zero attached hydrogens (tertiary/aromatic N) is 4. The monoisotopic (exact) mass is 293 g/mol. The van der Waals surface area contributed by atoms with Crippen LogP contribution in [0.5, 0.6) is 0 Å². The summed E-state index contributed by atoms with van der Waals surface area (Å²) < 4.78 is 5.05. The smallest absolute Gasteiger partial charge is 0.179 e. The van der Waals surface area contributed by atoms with Crippen molar-refractivity contribution in [1.29, 1.82) is 0 Å². The fraction of sp³-hybridized carbons (Fsp3) is 0.714. The minimum atomic E-state index is 0.480. The molecule has 1 aliphatic carbocycles. The van der Waals surface area contributed by atoms with Crippen molar-refractivity contribution in [3.63, 3.8) is 0 Å². The molecule has 5 nitrogen and oxygen atoms in total. The number of aromatic amines is 1. The normalized spacial score (nSPS) is 17.2. The second-order valence-electron chi connectivity index (χ2n) is 5.89. The minimum Gasteiger partial charge on any atom is -0.328 e. The van der Waals surface area contributed by atoms with Crippen molar-refractivity contribution < 1.29 is 0 Å². The van der Waals surface area contributed by atoms with Crippen molar-refractivity contribution in [2.75, 3.05) is 7.05 Å².